The molecular formula is C27H29ClF6N2O. The van der Waals surface area contributed by atoms with Crippen molar-refractivity contribution in [3.8, 4) is 0 Å². The van der Waals surface area contributed by atoms with Crippen molar-refractivity contribution in [3.05, 3.63) is 64.2 Å². The average molecular weight is 547 g/mol. The average Bonchev–Trinajstić information content (AvgIpc) is 3.31. The Balaban J connectivity index is 1.52. The van der Waals surface area contributed by atoms with Crippen molar-refractivity contribution in [2.75, 3.05) is 18.0 Å². The maximum atomic E-state index is 14.4. The van der Waals surface area contributed by atoms with E-state index in [4.69, 9.17) is 11.6 Å². The summed E-state index contributed by atoms with van der Waals surface area (Å²) >= 11 is 5.82. The Labute approximate surface area is 217 Å². The summed E-state index contributed by atoms with van der Waals surface area (Å²) in [6.45, 7) is 1.35. The fourth-order valence-corrected chi connectivity index (χ4v) is 5.68. The van der Waals surface area contributed by atoms with Crippen LogP contribution in [0.5, 0.6) is 0 Å². The number of nitrogens with zero attached hydrogens (tertiary/aromatic N) is 1. The van der Waals surface area contributed by atoms with E-state index in [2.05, 4.69) is 5.32 Å². The fourth-order valence-electron chi connectivity index (χ4n) is 5.44. The largest absolute Gasteiger partial charge is 0.416 e. The number of nitrogens with one attached hydrogen (secondary N) is 1. The number of anilines is 1. The van der Waals surface area contributed by atoms with E-state index >= 15 is 0 Å². The molecular weight excluding hydrogens is 518 g/mol. The highest BCUT2D eigenvalue weighted by atomic mass is 35.5. The van der Waals surface area contributed by atoms with Crippen molar-refractivity contribution in [1.29, 1.82) is 0 Å². The highest BCUT2D eigenvalue weighted by molar-refractivity contribution is 6.30. The number of carbonyl (C=O) groups excluding carboxylic acids is 1. The van der Waals surface area contributed by atoms with Crippen molar-refractivity contribution in [2.45, 2.75) is 69.3 Å². The standard InChI is InChI=1S/C27H29ClF6N2O/c1-17(35-24(37)19-5-3-2-4-6-19)18-7-9-23(10-8-18)36-12-11-25(16-36,27(32,33)34)20-13-21(26(29,30)31)15-22(28)14-20/h7-10,13-15,17,19H,2-6,11-12,16H2,1H3,(H,35,37). The van der Waals surface area contributed by atoms with Crippen LogP contribution in [0.4, 0.5) is 32.0 Å². The summed E-state index contributed by atoms with van der Waals surface area (Å²) in [4.78, 5) is 14.1. The molecule has 202 valence electrons. The smallest absolute Gasteiger partial charge is 0.370 e. The van der Waals surface area contributed by atoms with Crippen LogP contribution in [0.25, 0.3) is 0 Å². The van der Waals surface area contributed by atoms with Gasteiger partial charge in [0.1, 0.15) is 5.41 Å². The Kier molecular flexibility index (Phi) is 7.75. The van der Waals surface area contributed by atoms with Crippen molar-refractivity contribution < 1.29 is 31.1 Å². The van der Waals surface area contributed by atoms with Gasteiger partial charge in [-0.2, -0.15) is 26.3 Å². The Morgan fingerprint density at radius 3 is 2.27 bits per heavy atom. The normalized spacial score (nSPS) is 22.2. The topological polar surface area (TPSA) is 32.3 Å². The molecule has 1 saturated heterocycles. The number of alkyl halides is 6. The molecule has 2 atom stereocenters. The number of halogens is 7. The van der Waals surface area contributed by atoms with Crippen molar-refractivity contribution >= 4 is 23.2 Å². The van der Waals surface area contributed by atoms with E-state index in [1.54, 1.807) is 24.3 Å². The molecule has 1 aliphatic carbocycles. The highest BCUT2D eigenvalue weighted by Gasteiger charge is 2.59. The molecule has 1 aliphatic heterocycles. The van der Waals surface area contributed by atoms with Gasteiger partial charge < -0.3 is 10.2 Å². The first-order chi connectivity index (χ1) is 17.3. The number of carbonyl (C=O) groups is 1. The van der Waals surface area contributed by atoms with Gasteiger partial charge in [-0.3, -0.25) is 4.79 Å². The zero-order valence-electron chi connectivity index (χ0n) is 20.4. The van der Waals surface area contributed by atoms with Crippen LogP contribution >= 0.6 is 11.6 Å². The first-order valence-corrected chi connectivity index (χ1v) is 12.8. The predicted molar refractivity (Wildman–Crippen MR) is 131 cm³/mol. The molecule has 37 heavy (non-hydrogen) atoms. The summed E-state index contributed by atoms with van der Waals surface area (Å²) in [5, 5.41) is 2.64. The molecule has 10 heteroatoms. The minimum Gasteiger partial charge on any atom is -0.370 e. The van der Waals surface area contributed by atoms with Gasteiger partial charge in [-0.1, -0.05) is 43.0 Å². The summed E-state index contributed by atoms with van der Waals surface area (Å²) in [5.74, 6) is 0.0328. The SMILES string of the molecule is CC(NC(=O)C1CCCCC1)c1ccc(N2CCC(c3cc(Cl)cc(C(F)(F)F)c3)(C(F)(F)F)C2)cc1. The second kappa shape index (κ2) is 10.4. The molecule has 1 heterocycles. The second-order valence-corrected chi connectivity index (χ2v) is 10.6. The van der Waals surface area contributed by atoms with Gasteiger partial charge in [0, 0.05) is 29.7 Å². The summed E-state index contributed by atoms with van der Waals surface area (Å²) < 4.78 is 83.1. The molecule has 2 fully saturated rings. The van der Waals surface area contributed by atoms with Gasteiger partial charge in [-0.05, 0) is 67.6 Å². The first kappa shape index (κ1) is 27.6. The number of benzene rings is 2. The molecule has 2 aromatic rings. The van der Waals surface area contributed by atoms with Gasteiger partial charge in [0.2, 0.25) is 5.91 Å². The molecule has 1 N–H and O–H groups in total. The van der Waals surface area contributed by atoms with E-state index < -0.39 is 41.9 Å². The third-order valence-electron chi connectivity index (χ3n) is 7.68. The molecule has 2 aliphatic rings. The van der Waals surface area contributed by atoms with Crippen LogP contribution in [0.15, 0.2) is 42.5 Å². The number of amides is 1. The van der Waals surface area contributed by atoms with Crippen LogP contribution in [0.3, 0.4) is 0 Å². The van der Waals surface area contributed by atoms with E-state index in [0.29, 0.717) is 17.8 Å². The van der Waals surface area contributed by atoms with Crippen LogP contribution in [0, 0.1) is 5.92 Å². The minimum atomic E-state index is -4.82. The van der Waals surface area contributed by atoms with Gasteiger partial charge >= 0.3 is 12.4 Å². The number of hydrogen-bond acceptors (Lipinski definition) is 2. The zero-order chi connectivity index (χ0) is 27.0. The first-order valence-electron chi connectivity index (χ1n) is 12.4. The van der Waals surface area contributed by atoms with Gasteiger partial charge in [-0.25, -0.2) is 0 Å². The van der Waals surface area contributed by atoms with Gasteiger partial charge in [0.15, 0.2) is 0 Å². The van der Waals surface area contributed by atoms with E-state index in [9.17, 15) is 31.1 Å². The van der Waals surface area contributed by atoms with E-state index in [-0.39, 0.29) is 29.4 Å². The van der Waals surface area contributed by atoms with Crippen LogP contribution in [0.2, 0.25) is 5.02 Å². The number of rotatable bonds is 5. The maximum absolute atomic E-state index is 14.4. The summed E-state index contributed by atoms with van der Waals surface area (Å²) in [7, 11) is 0. The summed E-state index contributed by atoms with van der Waals surface area (Å²) in [6, 6.07) is 8.80. The van der Waals surface area contributed by atoms with E-state index in [1.165, 1.54) is 4.90 Å². The molecule has 0 spiro atoms. The van der Waals surface area contributed by atoms with Crippen LogP contribution < -0.4 is 10.2 Å². The summed E-state index contributed by atoms with van der Waals surface area (Å²) in [6.07, 6.45) is -5.00. The zero-order valence-corrected chi connectivity index (χ0v) is 21.1. The predicted octanol–water partition coefficient (Wildman–Crippen LogP) is 7.83. The highest BCUT2D eigenvalue weighted by Crippen LogP contribution is 2.50. The lowest BCUT2D eigenvalue weighted by Gasteiger charge is -2.33. The van der Waals surface area contributed by atoms with Gasteiger partial charge in [0.05, 0.1) is 11.6 Å². The minimum absolute atomic E-state index is 0.0138. The molecule has 2 aromatic carbocycles. The van der Waals surface area contributed by atoms with Crippen molar-refractivity contribution in [3.63, 3.8) is 0 Å². The Hall–Kier alpha value is -2.42. The molecule has 4 rings (SSSR count). The van der Waals surface area contributed by atoms with Crippen molar-refractivity contribution in [1.82, 2.24) is 5.32 Å². The molecule has 1 saturated carbocycles. The molecule has 2 unspecified atom stereocenters. The Morgan fingerprint density at radius 1 is 1.03 bits per heavy atom. The molecule has 0 bridgehead atoms. The van der Waals surface area contributed by atoms with Crippen LogP contribution in [0.1, 0.15) is 68.2 Å². The van der Waals surface area contributed by atoms with Crippen molar-refractivity contribution in [2.24, 2.45) is 5.92 Å². The number of hydrogen-bond donors (Lipinski definition) is 1. The van der Waals surface area contributed by atoms with Crippen LogP contribution in [-0.2, 0) is 16.4 Å². The molecule has 1 amide bonds. The quantitative estimate of drug-likeness (QED) is 0.388. The molecule has 0 radical (unpaired) electrons. The Bertz CT molecular complexity index is 1110. The molecule has 0 aromatic heterocycles. The maximum Gasteiger partial charge on any atom is 0.416 e. The van der Waals surface area contributed by atoms with Crippen LogP contribution in [-0.4, -0.2) is 25.2 Å². The van der Waals surface area contributed by atoms with Gasteiger partial charge in [-0.15, -0.1) is 0 Å². The van der Waals surface area contributed by atoms with E-state index in [1.807, 2.05) is 6.92 Å². The summed E-state index contributed by atoms with van der Waals surface area (Å²) in [5.41, 5.74) is -2.83. The third-order valence-corrected chi connectivity index (χ3v) is 7.90. The molecule has 3 nitrogen and oxygen atoms in total. The Morgan fingerprint density at radius 2 is 1.68 bits per heavy atom. The lowest BCUT2D eigenvalue weighted by Crippen LogP contribution is -2.45. The van der Waals surface area contributed by atoms with E-state index in [0.717, 1.165) is 43.7 Å². The van der Waals surface area contributed by atoms with Gasteiger partial charge in [0.25, 0.3) is 0 Å². The monoisotopic (exact) mass is 546 g/mol. The lowest BCUT2D eigenvalue weighted by molar-refractivity contribution is -0.184. The second-order valence-electron chi connectivity index (χ2n) is 10.1. The lowest BCUT2D eigenvalue weighted by atomic mass is 9.78. The fraction of sp³-hybridized carbons (Fsp3) is 0.519. The third kappa shape index (κ3) is 5.86.